The number of benzene rings is 1. The zero-order valence-corrected chi connectivity index (χ0v) is 18.0. The van der Waals surface area contributed by atoms with Crippen LogP contribution in [0, 0.1) is 11.8 Å². The predicted octanol–water partition coefficient (Wildman–Crippen LogP) is 3.88. The fourth-order valence-corrected chi connectivity index (χ4v) is 5.55. The van der Waals surface area contributed by atoms with E-state index in [9.17, 15) is 4.79 Å². The SMILES string of the molecule is C[C@@H]1C[C@@H](C)CN(CC(=O)N2C[C@H](c3ccc(Cl)cc3)[C@@H](c3csnn3)C2)C1. The molecule has 4 rings (SSSR count). The Kier molecular flexibility index (Phi) is 5.99. The van der Waals surface area contributed by atoms with E-state index in [0.29, 0.717) is 24.9 Å². The molecule has 0 radical (unpaired) electrons. The van der Waals surface area contributed by atoms with Crippen molar-refractivity contribution in [2.24, 2.45) is 11.8 Å². The Morgan fingerprint density at radius 3 is 2.43 bits per heavy atom. The molecule has 28 heavy (non-hydrogen) atoms. The Labute approximate surface area is 175 Å². The molecule has 2 fully saturated rings. The first kappa shape index (κ1) is 19.8. The van der Waals surface area contributed by atoms with Crippen molar-refractivity contribution in [3.63, 3.8) is 0 Å². The van der Waals surface area contributed by atoms with Crippen LogP contribution in [-0.4, -0.2) is 58.0 Å². The molecule has 0 N–H and O–H groups in total. The van der Waals surface area contributed by atoms with Crippen molar-refractivity contribution < 1.29 is 4.79 Å². The summed E-state index contributed by atoms with van der Waals surface area (Å²) >= 11 is 7.45. The van der Waals surface area contributed by atoms with Gasteiger partial charge in [-0.25, -0.2) is 0 Å². The van der Waals surface area contributed by atoms with Gasteiger partial charge in [-0.05, 0) is 47.5 Å². The lowest BCUT2D eigenvalue weighted by molar-refractivity contribution is -0.132. The Morgan fingerprint density at radius 2 is 1.79 bits per heavy atom. The van der Waals surface area contributed by atoms with Gasteiger partial charge in [0.25, 0.3) is 0 Å². The summed E-state index contributed by atoms with van der Waals surface area (Å²) in [5, 5.41) is 7.06. The van der Waals surface area contributed by atoms with Gasteiger partial charge in [0, 0.05) is 48.4 Å². The largest absolute Gasteiger partial charge is 0.340 e. The summed E-state index contributed by atoms with van der Waals surface area (Å²) in [6.45, 7) is 8.55. The predicted molar refractivity (Wildman–Crippen MR) is 113 cm³/mol. The van der Waals surface area contributed by atoms with E-state index in [-0.39, 0.29) is 17.7 Å². The van der Waals surface area contributed by atoms with Gasteiger partial charge in [-0.1, -0.05) is 42.1 Å². The molecule has 5 nitrogen and oxygen atoms in total. The first-order valence-corrected chi connectivity index (χ1v) is 11.2. The minimum absolute atomic E-state index is 0.183. The van der Waals surface area contributed by atoms with Gasteiger partial charge in [-0.2, -0.15) is 0 Å². The number of carbonyl (C=O) groups is 1. The first-order valence-electron chi connectivity index (χ1n) is 10.0. The summed E-state index contributed by atoms with van der Waals surface area (Å²) in [7, 11) is 0. The standard InChI is InChI=1S/C21H27ClN4OS/c1-14-7-15(2)9-25(8-14)12-21(27)26-10-18(16-3-5-17(22)6-4-16)19(11-26)20-13-28-24-23-20/h3-6,13-15,18-19H,7-12H2,1-2H3/t14-,15-,18-,19+/m1/s1. The third kappa shape index (κ3) is 4.39. The van der Waals surface area contributed by atoms with Gasteiger partial charge in [-0.15, -0.1) is 5.10 Å². The molecule has 0 aliphatic carbocycles. The van der Waals surface area contributed by atoms with Crippen LogP contribution in [0.2, 0.25) is 5.02 Å². The molecule has 2 saturated heterocycles. The van der Waals surface area contributed by atoms with E-state index in [4.69, 9.17) is 11.6 Å². The highest BCUT2D eigenvalue weighted by Crippen LogP contribution is 2.39. The summed E-state index contributed by atoms with van der Waals surface area (Å²) in [6.07, 6.45) is 1.26. The van der Waals surface area contributed by atoms with Gasteiger partial charge in [0.1, 0.15) is 0 Å². The molecule has 2 aliphatic heterocycles. The maximum Gasteiger partial charge on any atom is 0.236 e. The average Bonchev–Trinajstić information content (AvgIpc) is 3.31. The highest BCUT2D eigenvalue weighted by atomic mass is 35.5. The molecule has 4 atom stereocenters. The van der Waals surface area contributed by atoms with Crippen LogP contribution < -0.4 is 0 Å². The topological polar surface area (TPSA) is 49.3 Å². The Balaban J connectivity index is 1.49. The van der Waals surface area contributed by atoms with Crippen LogP contribution in [0.25, 0.3) is 0 Å². The van der Waals surface area contributed by atoms with Crippen molar-refractivity contribution in [1.29, 1.82) is 0 Å². The van der Waals surface area contributed by atoms with Gasteiger partial charge in [0.15, 0.2) is 0 Å². The van der Waals surface area contributed by atoms with E-state index in [1.807, 2.05) is 22.4 Å². The lowest BCUT2D eigenvalue weighted by Gasteiger charge is -2.35. The van der Waals surface area contributed by atoms with Crippen molar-refractivity contribution in [3.8, 4) is 0 Å². The number of nitrogens with zero attached hydrogens (tertiary/aromatic N) is 4. The highest BCUT2D eigenvalue weighted by Gasteiger charge is 2.39. The number of carbonyl (C=O) groups excluding carboxylic acids is 1. The van der Waals surface area contributed by atoms with Crippen LogP contribution in [0.1, 0.15) is 43.4 Å². The van der Waals surface area contributed by atoms with E-state index < -0.39 is 0 Å². The zero-order chi connectivity index (χ0) is 19.7. The molecule has 1 aromatic heterocycles. The van der Waals surface area contributed by atoms with Crippen molar-refractivity contribution in [2.45, 2.75) is 32.1 Å². The number of hydrogen-bond acceptors (Lipinski definition) is 5. The molecule has 2 aliphatic rings. The molecule has 0 spiro atoms. The number of rotatable bonds is 4. The Bertz CT molecular complexity index is 787. The van der Waals surface area contributed by atoms with Crippen molar-refractivity contribution >= 4 is 29.0 Å². The molecule has 7 heteroatoms. The summed E-state index contributed by atoms with van der Waals surface area (Å²) in [4.78, 5) is 17.5. The fraction of sp³-hybridized carbons (Fsp3) is 0.571. The van der Waals surface area contributed by atoms with Crippen molar-refractivity contribution in [3.05, 3.63) is 45.9 Å². The Morgan fingerprint density at radius 1 is 1.11 bits per heavy atom. The lowest BCUT2D eigenvalue weighted by Crippen LogP contribution is -2.45. The summed E-state index contributed by atoms with van der Waals surface area (Å²) in [6, 6.07) is 7.99. The summed E-state index contributed by atoms with van der Waals surface area (Å²) < 4.78 is 4.05. The van der Waals surface area contributed by atoms with E-state index in [2.05, 4.69) is 40.5 Å². The van der Waals surface area contributed by atoms with Gasteiger partial charge in [-0.3, -0.25) is 9.69 Å². The quantitative estimate of drug-likeness (QED) is 0.756. The summed E-state index contributed by atoms with van der Waals surface area (Å²) in [5.41, 5.74) is 2.19. The van der Waals surface area contributed by atoms with Crippen molar-refractivity contribution in [1.82, 2.24) is 19.4 Å². The second-order valence-electron chi connectivity index (χ2n) is 8.53. The molecule has 3 heterocycles. The second kappa shape index (κ2) is 8.47. The third-order valence-corrected chi connectivity index (χ3v) is 6.81. The van der Waals surface area contributed by atoms with E-state index >= 15 is 0 Å². The number of piperidine rings is 1. The van der Waals surface area contributed by atoms with Crippen LogP contribution in [0.15, 0.2) is 29.6 Å². The van der Waals surface area contributed by atoms with Gasteiger partial charge >= 0.3 is 0 Å². The molecule has 1 amide bonds. The van der Waals surface area contributed by atoms with Crippen LogP contribution in [0.4, 0.5) is 0 Å². The van der Waals surface area contributed by atoms with Crippen LogP contribution in [0.3, 0.4) is 0 Å². The lowest BCUT2D eigenvalue weighted by atomic mass is 9.87. The first-order chi connectivity index (χ1) is 13.5. The number of aromatic nitrogens is 2. The van der Waals surface area contributed by atoms with Crippen LogP contribution in [0.5, 0.6) is 0 Å². The maximum atomic E-state index is 13.1. The molecule has 150 valence electrons. The summed E-state index contributed by atoms with van der Waals surface area (Å²) in [5.74, 6) is 1.95. The molecule has 0 bridgehead atoms. The minimum Gasteiger partial charge on any atom is -0.340 e. The highest BCUT2D eigenvalue weighted by molar-refractivity contribution is 7.03. The number of likely N-dealkylation sites (tertiary alicyclic amines) is 2. The van der Waals surface area contributed by atoms with Crippen molar-refractivity contribution in [2.75, 3.05) is 32.7 Å². The minimum atomic E-state index is 0.183. The van der Waals surface area contributed by atoms with E-state index in [1.165, 1.54) is 23.5 Å². The monoisotopic (exact) mass is 418 g/mol. The number of hydrogen-bond donors (Lipinski definition) is 0. The van der Waals surface area contributed by atoms with Gasteiger partial charge in [0.2, 0.25) is 5.91 Å². The molecule has 2 aromatic rings. The smallest absolute Gasteiger partial charge is 0.236 e. The third-order valence-electron chi connectivity index (χ3n) is 6.03. The fourth-order valence-electron chi connectivity index (χ4n) is 4.90. The maximum absolute atomic E-state index is 13.1. The molecular formula is C21H27ClN4OS. The molecular weight excluding hydrogens is 392 g/mol. The van der Waals surface area contributed by atoms with Crippen LogP contribution in [-0.2, 0) is 4.79 Å². The Hall–Kier alpha value is -1.50. The van der Waals surface area contributed by atoms with Gasteiger partial charge < -0.3 is 4.90 Å². The average molecular weight is 419 g/mol. The number of halogens is 1. The molecule has 0 saturated carbocycles. The van der Waals surface area contributed by atoms with E-state index in [0.717, 1.165) is 30.4 Å². The normalized spacial score (nSPS) is 28.6. The van der Waals surface area contributed by atoms with Crippen LogP contribution >= 0.6 is 23.1 Å². The second-order valence-corrected chi connectivity index (χ2v) is 9.58. The number of amides is 1. The zero-order valence-electron chi connectivity index (χ0n) is 16.4. The van der Waals surface area contributed by atoms with E-state index in [1.54, 1.807) is 0 Å². The molecule has 0 unspecified atom stereocenters. The molecule has 1 aromatic carbocycles. The van der Waals surface area contributed by atoms with Gasteiger partial charge in [0.05, 0.1) is 12.2 Å².